The van der Waals surface area contributed by atoms with Gasteiger partial charge < -0.3 is 8.83 Å². The third-order valence-electron chi connectivity index (χ3n) is 12.9. The molecule has 2 heterocycles. The van der Waals surface area contributed by atoms with Gasteiger partial charge in [-0.25, -0.2) is 0 Å². The predicted octanol–water partition coefficient (Wildman–Crippen LogP) is 15.5. The van der Waals surface area contributed by atoms with Crippen molar-refractivity contribution in [2.24, 2.45) is 0 Å². The Kier molecular flexibility index (Phi) is 6.68. The molecule has 0 spiro atoms. The lowest BCUT2D eigenvalue weighted by atomic mass is 9.66. The van der Waals surface area contributed by atoms with Crippen LogP contribution < -0.4 is 0 Å². The van der Waals surface area contributed by atoms with Crippen molar-refractivity contribution in [3.63, 3.8) is 0 Å². The molecule has 1 aliphatic rings. The molecule has 0 bridgehead atoms. The van der Waals surface area contributed by atoms with Crippen LogP contribution in [0.1, 0.15) is 22.3 Å². The largest absolute Gasteiger partial charge is 0.456 e. The molecule has 10 aromatic carbocycles. The maximum atomic E-state index is 6.71. The molecule has 2 heteroatoms. The van der Waals surface area contributed by atoms with Gasteiger partial charge in [-0.2, -0.15) is 0 Å². The van der Waals surface area contributed by atoms with Crippen LogP contribution in [0.3, 0.4) is 0 Å². The third kappa shape index (κ3) is 4.46. The molecule has 274 valence electrons. The molecule has 0 unspecified atom stereocenters. The van der Waals surface area contributed by atoms with Crippen molar-refractivity contribution in [3.8, 4) is 33.4 Å². The van der Waals surface area contributed by atoms with Gasteiger partial charge in [0.25, 0.3) is 0 Å². The van der Waals surface area contributed by atoms with Gasteiger partial charge in [0, 0.05) is 26.9 Å². The Hall–Kier alpha value is -7.68. The van der Waals surface area contributed by atoms with Crippen molar-refractivity contribution < 1.29 is 8.83 Å². The second-order valence-corrected chi connectivity index (χ2v) is 15.9. The Morgan fingerprint density at radius 3 is 1.80 bits per heavy atom. The maximum Gasteiger partial charge on any atom is 0.143 e. The Labute approximate surface area is 340 Å². The quantitative estimate of drug-likeness (QED) is 0.179. The van der Waals surface area contributed by atoms with E-state index in [1.165, 1.54) is 60.7 Å². The topological polar surface area (TPSA) is 26.3 Å². The highest BCUT2D eigenvalue weighted by molar-refractivity contribution is 6.19. The van der Waals surface area contributed by atoms with E-state index in [4.69, 9.17) is 8.83 Å². The van der Waals surface area contributed by atoms with Gasteiger partial charge in [0.2, 0.25) is 0 Å². The first kappa shape index (κ1) is 32.4. The first-order valence-electron chi connectivity index (χ1n) is 20.3. The fourth-order valence-corrected chi connectivity index (χ4v) is 10.4. The number of para-hydroxylation sites is 1. The van der Waals surface area contributed by atoms with Crippen LogP contribution >= 0.6 is 0 Å². The summed E-state index contributed by atoms with van der Waals surface area (Å²) in [4.78, 5) is 0. The Morgan fingerprint density at radius 1 is 0.339 bits per heavy atom. The van der Waals surface area contributed by atoms with E-state index >= 15 is 0 Å². The lowest BCUT2D eigenvalue weighted by Gasteiger charge is -2.35. The number of fused-ring (bicyclic) bond motifs is 13. The zero-order valence-electron chi connectivity index (χ0n) is 31.9. The minimum Gasteiger partial charge on any atom is -0.456 e. The van der Waals surface area contributed by atoms with Crippen LogP contribution in [-0.2, 0) is 5.41 Å². The van der Waals surface area contributed by atoms with Crippen LogP contribution in [0.25, 0.3) is 98.8 Å². The Morgan fingerprint density at radius 2 is 0.983 bits per heavy atom. The van der Waals surface area contributed by atoms with Crippen LogP contribution in [0.5, 0.6) is 0 Å². The van der Waals surface area contributed by atoms with Gasteiger partial charge in [0.15, 0.2) is 0 Å². The first-order valence-corrected chi connectivity index (χ1v) is 20.3. The normalized spacial score (nSPS) is 13.2. The molecule has 0 saturated heterocycles. The van der Waals surface area contributed by atoms with E-state index in [2.05, 4.69) is 200 Å². The molecule has 2 aromatic heterocycles. The zero-order chi connectivity index (χ0) is 38.7. The van der Waals surface area contributed by atoms with E-state index in [9.17, 15) is 0 Å². The van der Waals surface area contributed by atoms with Gasteiger partial charge >= 0.3 is 0 Å². The van der Waals surface area contributed by atoms with Crippen LogP contribution in [0.4, 0.5) is 0 Å². The summed E-state index contributed by atoms with van der Waals surface area (Å²) in [5, 5.41) is 9.29. The smallest absolute Gasteiger partial charge is 0.143 e. The SMILES string of the molecule is c1ccc(C2(c3ccccc3)c3cc(-c4cccc5oc6c7ccccc7ccc6c45)ccc3-c3c(-c4ccc5oc6ccccc6c5c4)cc4ccccc4c32)cc1. The molecule has 59 heavy (non-hydrogen) atoms. The van der Waals surface area contributed by atoms with Crippen molar-refractivity contribution in [1.82, 2.24) is 0 Å². The summed E-state index contributed by atoms with van der Waals surface area (Å²) in [7, 11) is 0. The molecule has 0 atom stereocenters. The molecule has 0 fully saturated rings. The highest BCUT2D eigenvalue weighted by Gasteiger charge is 2.48. The summed E-state index contributed by atoms with van der Waals surface area (Å²) in [6, 6.07) is 75.3. The van der Waals surface area contributed by atoms with Gasteiger partial charge in [-0.1, -0.05) is 164 Å². The standard InChI is InChI=1S/C57H34O2/c1-3-16-39(17-4-1)57(40-18-5-2-6-19-40)49-34-38(41-23-13-25-52-53(41)46-30-26-35-14-7-10-21-43(35)56(46)59-52)27-29-45(49)54-47(32-36-15-8-9-20-42(36)55(54)57)37-28-31-51-48(33-37)44-22-11-12-24-50(44)58-51/h1-34H. The highest BCUT2D eigenvalue weighted by atomic mass is 16.3. The molecule has 13 rings (SSSR count). The van der Waals surface area contributed by atoms with Crippen LogP contribution in [0, 0.1) is 0 Å². The molecule has 1 aliphatic carbocycles. The van der Waals surface area contributed by atoms with E-state index in [0.717, 1.165) is 60.4 Å². The van der Waals surface area contributed by atoms with Gasteiger partial charge in [-0.15, -0.1) is 0 Å². The monoisotopic (exact) mass is 750 g/mol. The molecule has 0 saturated carbocycles. The summed E-state index contributed by atoms with van der Waals surface area (Å²) in [5.74, 6) is 0. The van der Waals surface area contributed by atoms with Crippen molar-refractivity contribution >= 4 is 65.4 Å². The van der Waals surface area contributed by atoms with Gasteiger partial charge in [0.05, 0.1) is 5.41 Å². The van der Waals surface area contributed by atoms with Crippen LogP contribution in [0.2, 0.25) is 0 Å². The number of furan rings is 2. The lowest BCUT2D eigenvalue weighted by Crippen LogP contribution is -2.29. The fraction of sp³-hybridized carbons (Fsp3) is 0.0175. The van der Waals surface area contributed by atoms with E-state index in [-0.39, 0.29) is 0 Å². The maximum absolute atomic E-state index is 6.71. The minimum absolute atomic E-state index is 0.631. The lowest BCUT2D eigenvalue weighted by molar-refractivity contribution is 0.669. The highest BCUT2D eigenvalue weighted by Crippen LogP contribution is 2.61. The third-order valence-corrected chi connectivity index (χ3v) is 12.9. The first-order chi connectivity index (χ1) is 29.3. The van der Waals surface area contributed by atoms with Crippen molar-refractivity contribution in [2.75, 3.05) is 0 Å². The second kappa shape index (κ2) is 12.2. The molecule has 12 aromatic rings. The summed E-state index contributed by atoms with van der Waals surface area (Å²) >= 11 is 0. The van der Waals surface area contributed by atoms with Crippen LogP contribution in [0.15, 0.2) is 215 Å². The van der Waals surface area contributed by atoms with Gasteiger partial charge in [-0.05, 0) is 114 Å². The van der Waals surface area contributed by atoms with E-state index in [0.29, 0.717) is 0 Å². The van der Waals surface area contributed by atoms with Crippen LogP contribution in [-0.4, -0.2) is 0 Å². The zero-order valence-corrected chi connectivity index (χ0v) is 31.9. The molecule has 2 nitrogen and oxygen atoms in total. The van der Waals surface area contributed by atoms with E-state index < -0.39 is 5.41 Å². The molecule has 0 N–H and O–H groups in total. The Balaban J connectivity index is 1.16. The van der Waals surface area contributed by atoms with E-state index in [1.807, 2.05) is 6.07 Å². The summed E-state index contributed by atoms with van der Waals surface area (Å²) in [6.07, 6.45) is 0. The predicted molar refractivity (Wildman–Crippen MR) is 244 cm³/mol. The molecule has 0 aliphatic heterocycles. The number of rotatable bonds is 4. The van der Waals surface area contributed by atoms with Gasteiger partial charge in [-0.3, -0.25) is 0 Å². The molecule has 0 amide bonds. The molecule has 0 radical (unpaired) electrons. The summed E-state index contributed by atoms with van der Waals surface area (Å²) in [6.45, 7) is 0. The average Bonchev–Trinajstić information content (AvgIpc) is 3.98. The second-order valence-electron chi connectivity index (χ2n) is 15.9. The number of benzene rings is 10. The summed E-state index contributed by atoms with van der Waals surface area (Å²) < 4.78 is 13.0. The molecular weight excluding hydrogens is 717 g/mol. The fourth-order valence-electron chi connectivity index (χ4n) is 10.4. The number of hydrogen-bond acceptors (Lipinski definition) is 2. The van der Waals surface area contributed by atoms with Crippen molar-refractivity contribution in [1.29, 1.82) is 0 Å². The van der Waals surface area contributed by atoms with Gasteiger partial charge in [0.1, 0.15) is 22.3 Å². The average molecular weight is 751 g/mol. The molecular formula is C57H34O2. The Bertz CT molecular complexity index is 3620. The van der Waals surface area contributed by atoms with E-state index in [1.54, 1.807) is 0 Å². The summed E-state index contributed by atoms with van der Waals surface area (Å²) in [5.41, 5.74) is 15.3. The number of hydrogen-bond donors (Lipinski definition) is 0. The minimum atomic E-state index is -0.631. The van der Waals surface area contributed by atoms with Crippen molar-refractivity contribution in [2.45, 2.75) is 5.41 Å². The van der Waals surface area contributed by atoms with Crippen molar-refractivity contribution in [3.05, 3.63) is 229 Å².